The Hall–Kier alpha value is -3.14. The van der Waals surface area contributed by atoms with Crippen LogP contribution in [-0.4, -0.2) is 35.0 Å². The second-order valence-electron chi connectivity index (χ2n) is 8.61. The molecule has 0 radical (unpaired) electrons. The Balaban J connectivity index is 1.50. The van der Waals surface area contributed by atoms with Crippen molar-refractivity contribution < 1.29 is 17.7 Å². The van der Waals surface area contributed by atoms with Gasteiger partial charge in [0.15, 0.2) is 11.4 Å². The van der Waals surface area contributed by atoms with Crippen molar-refractivity contribution in [1.29, 1.82) is 0 Å². The predicted octanol–water partition coefficient (Wildman–Crippen LogP) is 3.51. The molecule has 0 aliphatic heterocycles. The molecule has 2 N–H and O–H groups in total. The predicted molar refractivity (Wildman–Crippen MR) is 126 cm³/mol. The lowest BCUT2D eigenvalue weighted by Gasteiger charge is -2.21. The number of sulfonamides is 1. The highest BCUT2D eigenvalue weighted by atomic mass is 32.2. The Morgan fingerprint density at radius 3 is 2.85 bits per heavy atom. The van der Waals surface area contributed by atoms with E-state index >= 15 is 0 Å². The van der Waals surface area contributed by atoms with E-state index in [1.807, 2.05) is 25.1 Å². The van der Waals surface area contributed by atoms with E-state index in [1.54, 1.807) is 10.9 Å². The highest BCUT2D eigenvalue weighted by Crippen LogP contribution is 2.30. The number of fused-ring (bicyclic) bond motifs is 1. The van der Waals surface area contributed by atoms with Gasteiger partial charge in [0.2, 0.25) is 15.9 Å². The van der Waals surface area contributed by atoms with E-state index in [9.17, 15) is 13.2 Å². The maximum atomic E-state index is 12.7. The summed E-state index contributed by atoms with van der Waals surface area (Å²) in [5.41, 5.74) is 3.13. The van der Waals surface area contributed by atoms with E-state index in [-0.39, 0.29) is 23.4 Å². The first-order valence-electron chi connectivity index (χ1n) is 11.1. The van der Waals surface area contributed by atoms with Crippen molar-refractivity contribution >= 4 is 32.7 Å². The Labute approximate surface area is 193 Å². The van der Waals surface area contributed by atoms with Crippen molar-refractivity contribution in [3.63, 3.8) is 0 Å². The van der Waals surface area contributed by atoms with Crippen LogP contribution in [0.5, 0.6) is 0 Å². The molecule has 1 aromatic carbocycles. The monoisotopic (exact) mass is 471 g/mol. The van der Waals surface area contributed by atoms with Gasteiger partial charge in [-0.3, -0.25) is 14.2 Å². The lowest BCUT2D eigenvalue weighted by Crippen LogP contribution is -2.24. The molecule has 0 bridgehead atoms. The summed E-state index contributed by atoms with van der Waals surface area (Å²) in [5.74, 6) is 0.293. The van der Waals surface area contributed by atoms with Gasteiger partial charge >= 0.3 is 0 Å². The van der Waals surface area contributed by atoms with Crippen LogP contribution >= 0.6 is 0 Å². The summed E-state index contributed by atoms with van der Waals surface area (Å²) < 4.78 is 35.4. The maximum Gasteiger partial charge on any atom is 0.243 e. The summed E-state index contributed by atoms with van der Waals surface area (Å²) in [7, 11) is -3.51. The molecule has 9 nitrogen and oxygen atoms in total. The molecule has 0 saturated heterocycles. The van der Waals surface area contributed by atoms with E-state index in [0.717, 1.165) is 42.5 Å². The fraction of sp³-hybridized carbons (Fsp3) is 0.435. The van der Waals surface area contributed by atoms with Gasteiger partial charge in [0, 0.05) is 6.20 Å². The lowest BCUT2D eigenvalue weighted by molar-refractivity contribution is -0.116. The molecule has 4 rings (SSSR count). The van der Waals surface area contributed by atoms with Crippen molar-refractivity contribution in [2.45, 2.75) is 52.1 Å². The number of aryl methyl sites for hydroxylation is 1. The third-order valence-corrected chi connectivity index (χ3v) is 7.44. The van der Waals surface area contributed by atoms with Crippen LogP contribution < -0.4 is 10.0 Å². The van der Waals surface area contributed by atoms with Gasteiger partial charge in [-0.15, -0.1) is 0 Å². The van der Waals surface area contributed by atoms with Gasteiger partial charge in [-0.05, 0) is 55.0 Å². The normalized spacial score (nSPS) is 14.9. The molecule has 10 heteroatoms. The first kappa shape index (κ1) is 23.0. The van der Waals surface area contributed by atoms with Gasteiger partial charge in [-0.25, -0.2) is 8.42 Å². The molecule has 1 amide bonds. The molecule has 2 heterocycles. The number of anilines is 1. The summed E-state index contributed by atoms with van der Waals surface area (Å²) in [4.78, 5) is 11.5. The van der Waals surface area contributed by atoms with Crippen molar-refractivity contribution in [3.05, 3.63) is 53.9 Å². The molecule has 0 atom stereocenters. The van der Waals surface area contributed by atoms with Crippen molar-refractivity contribution in [2.75, 3.05) is 10.5 Å². The van der Waals surface area contributed by atoms with Crippen LogP contribution in [0.25, 0.3) is 11.0 Å². The minimum absolute atomic E-state index is 0.114. The number of nitrogens with one attached hydrogen (secondary N) is 2. The molecule has 1 aliphatic rings. The summed E-state index contributed by atoms with van der Waals surface area (Å²) in [5, 5.41) is 11.7. The van der Waals surface area contributed by atoms with Gasteiger partial charge in [0.05, 0.1) is 29.9 Å². The van der Waals surface area contributed by atoms with Crippen LogP contribution in [0.3, 0.4) is 0 Å². The largest absolute Gasteiger partial charge is 0.354 e. The number of hydrogen-bond donors (Lipinski definition) is 2. The molecule has 1 aliphatic carbocycles. The van der Waals surface area contributed by atoms with E-state index in [4.69, 9.17) is 4.52 Å². The lowest BCUT2D eigenvalue weighted by atomic mass is 9.91. The standard InChI is InChI=1S/C23H29N5O4S/c1-3-21(29)24-13-19-9-10-25-28(19)14-18-11-16(2)22-20(12-18)32-26-23(22)27-33(30,31)15-17-7-5-4-6-8-17/h3,9-12,17H,1,4-8,13-15H2,2H3,(H,24,29)(H,26,27). The molecule has 2 aromatic heterocycles. The molecular formula is C23H29N5O4S. The number of hydrogen-bond acceptors (Lipinski definition) is 6. The number of carbonyl (C=O) groups excluding carboxylic acids is 1. The van der Waals surface area contributed by atoms with E-state index < -0.39 is 10.0 Å². The van der Waals surface area contributed by atoms with Crippen LogP contribution in [0.15, 0.2) is 41.6 Å². The molecule has 0 unspecified atom stereocenters. The molecule has 176 valence electrons. The van der Waals surface area contributed by atoms with Crippen LogP contribution in [0.4, 0.5) is 5.82 Å². The van der Waals surface area contributed by atoms with Gasteiger partial charge in [0.25, 0.3) is 0 Å². The van der Waals surface area contributed by atoms with Gasteiger partial charge < -0.3 is 9.84 Å². The molecule has 0 spiro atoms. The zero-order valence-corrected chi connectivity index (χ0v) is 19.5. The van der Waals surface area contributed by atoms with Crippen LogP contribution in [0.2, 0.25) is 0 Å². The zero-order valence-electron chi connectivity index (χ0n) is 18.7. The molecule has 1 saturated carbocycles. The number of nitrogens with zero attached hydrogens (tertiary/aromatic N) is 3. The highest BCUT2D eigenvalue weighted by Gasteiger charge is 2.24. The Kier molecular flexibility index (Phi) is 6.83. The number of amides is 1. The number of rotatable bonds is 9. The SMILES string of the molecule is C=CC(=O)NCc1ccnn1Cc1cc(C)c2c(NS(=O)(=O)CC3CCCCC3)noc2c1. The summed E-state index contributed by atoms with van der Waals surface area (Å²) in [6, 6.07) is 5.64. The topological polar surface area (TPSA) is 119 Å². The first-order chi connectivity index (χ1) is 15.8. The quantitative estimate of drug-likeness (QED) is 0.461. The Morgan fingerprint density at radius 1 is 1.30 bits per heavy atom. The van der Waals surface area contributed by atoms with Crippen LogP contribution in [0.1, 0.15) is 48.9 Å². The van der Waals surface area contributed by atoms with Crippen molar-refractivity contribution in [1.82, 2.24) is 20.3 Å². The fourth-order valence-electron chi connectivity index (χ4n) is 4.43. The van der Waals surface area contributed by atoms with Gasteiger partial charge in [0.1, 0.15) is 0 Å². The molecule has 1 fully saturated rings. The zero-order chi connectivity index (χ0) is 23.4. The van der Waals surface area contributed by atoms with Crippen LogP contribution in [0, 0.1) is 12.8 Å². The third-order valence-electron chi connectivity index (χ3n) is 6.03. The third kappa shape index (κ3) is 5.62. The average molecular weight is 472 g/mol. The highest BCUT2D eigenvalue weighted by molar-refractivity contribution is 7.92. The smallest absolute Gasteiger partial charge is 0.243 e. The molecule has 33 heavy (non-hydrogen) atoms. The number of aromatic nitrogens is 3. The molecule has 3 aromatic rings. The van der Waals surface area contributed by atoms with E-state index in [1.165, 1.54) is 12.5 Å². The maximum absolute atomic E-state index is 12.7. The van der Waals surface area contributed by atoms with E-state index in [0.29, 0.717) is 24.1 Å². The number of carbonyl (C=O) groups is 1. The van der Waals surface area contributed by atoms with E-state index in [2.05, 4.69) is 26.9 Å². The summed E-state index contributed by atoms with van der Waals surface area (Å²) >= 11 is 0. The Bertz CT molecular complexity index is 1260. The summed E-state index contributed by atoms with van der Waals surface area (Å²) in [6.07, 6.45) is 8.17. The minimum Gasteiger partial charge on any atom is -0.354 e. The summed E-state index contributed by atoms with van der Waals surface area (Å²) in [6.45, 7) is 6.15. The first-order valence-corrected chi connectivity index (χ1v) is 12.8. The second kappa shape index (κ2) is 9.78. The fourth-order valence-corrected chi connectivity index (χ4v) is 5.90. The van der Waals surface area contributed by atoms with Crippen LogP contribution in [-0.2, 0) is 27.9 Å². The second-order valence-corrected chi connectivity index (χ2v) is 10.4. The van der Waals surface area contributed by atoms with Gasteiger partial charge in [-0.2, -0.15) is 5.10 Å². The van der Waals surface area contributed by atoms with Crippen molar-refractivity contribution in [3.8, 4) is 0 Å². The average Bonchev–Trinajstić information content (AvgIpc) is 3.39. The van der Waals surface area contributed by atoms with Gasteiger partial charge in [-0.1, -0.05) is 37.1 Å². The molecular weight excluding hydrogens is 442 g/mol. The van der Waals surface area contributed by atoms with Crippen molar-refractivity contribution in [2.24, 2.45) is 5.92 Å². The Morgan fingerprint density at radius 2 is 2.09 bits per heavy atom. The minimum atomic E-state index is -3.51. The number of benzene rings is 1.